The van der Waals surface area contributed by atoms with E-state index in [-0.39, 0.29) is 6.10 Å². The van der Waals surface area contributed by atoms with Crippen LogP contribution < -0.4 is 0 Å². The van der Waals surface area contributed by atoms with Gasteiger partial charge in [0.05, 0.1) is 6.10 Å². The Morgan fingerprint density at radius 2 is 1.81 bits per heavy atom. The number of methoxy groups -OCH3 is 2. The molecule has 2 atom stereocenters. The van der Waals surface area contributed by atoms with Gasteiger partial charge in [0.1, 0.15) is 0 Å². The maximum absolute atomic E-state index is 5.64. The molecule has 0 aromatic heterocycles. The summed E-state index contributed by atoms with van der Waals surface area (Å²) in [6.07, 6.45) is 5.19. The van der Waals surface area contributed by atoms with Gasteiger partial charge in [-0.05, 0) is 26.2 Å². The highest BCUT2D eigenvalue weighted by atomic mass is 16.7. The predicted molar refractivity (Wildman–Crippen MR) is 66.0 cm³/mol. The Morgan fingerprint density at radius 1 is 1.12 bits per heavy atom. The van der Waals surface area contributed by atoms with Crippen molar-refractivity contribution >= 4 is 0 Å². The number of ether oxygens (including phenoxy) is 3. The highest BCUT2D eigenvalue weighted by Crippen LogP contribution is 2.27. The Bertz CT molecular complexity index is 150. The number of hydrogen-bond acceptors (Lipinski definition) is 3. The van der Waals surface area contributed by atoms with Crippen LogP contribution in [0.15, 0.2) is 0 Å². The van der Waals surface area contributed by atoms with Crippen molar-refractivity contribution in [3.8, 4) is 0 Å². The molecule has 3 nitrogen and oxygen atoms in total. The summed E-state index contributed by atoms with van der Waals surface area (Å²) in [5.41, 5.74) is 0. The molecular weight excluding hydrogens is 204 g/mol. The van der Waals surface area contributed by atoms with Crippen LogP contribution in [0.25, 0.3) is 0 Å². The zero-order valence-electron chi connectivity index (χ0n) is 11.4. The third-order valence-corrected chi connectivity index (χ3v) is 2.64. The minimum Gasteiger partial charge on any atom is -0.382 e. The van der Waals surface area contributed by atoms with Crippen molar-refractivity contribution in [1.29, 1.82) is 0 Å². The second-order valence-corrected chi connectivity index (χ2v) is 4.14. The standard InChI is InChI=1S/C13H27O3/c1-6-8-12(10-11(3)14-4)13(15-5)16-9-7-2/h11-12H,6-10H2,1-5H3. The maximum Gasteiger partial charge on any atom is 0.226 e. The first kappa shape index (κ1) is 15.9. The lowest BCUT2D eigenvalue weighted by Crippen LogP contribution is -2.23. The van der Waals surface area contributed by atoms with Crippen molar-refractivity contribution in [1.82, 2.24) is 0 Å². The molecular formula is C13H27O3. The topological polar surface area (TPSA) is 27.7 Å². The average molecular weight is 231 g/mol. The third kappa shape index (κ3) is 6.46. The van der Waals surface area contributed by atoms with Crippen LogP contribution in [0.2, 0.25) is 0 Å². The van der Waals surface area contributed by atoms with Gasteiger partial charge in [-0.3, -0.25) is 0 Å². The molecule has 0 spiro atoms. The van der Waals surface area contributed by atoms with E-state index in [9.17, 15) is 0 Å². The minimum atomic E-state index is 0.243. The van der Waals surface area contributed by atoms with E-state index < -0.39 is 0 Å². The molecule has 0 aliphatic rings. The van der Waals surface area contributed by atoms with Crippen molar-refractivity contribution in [3.63, 3.8) is 0 Å². The fourth-order valence-electron chi connectivity index (χ4n) is 1.72. The highest BCUT2D eigenvalue weighted by molar-refractivity contribution is 4.79. The van der Waals surface area contributed by atoms with Crippen LogP contribution in [0.5, 0.6) is 0 Å². The van der Waals surface area contributed by atoms with E-state index in [2.05, 4.69) is 20.8 Å². The molecule has 1 radical (unpaired) electrons. The van der Waals surface area contributed by atoms with E-state index in [1.807, 2.05) is 0 Å². The third-order valence-electron chi connectivity index (χ3n) is 2.64. The normalized spacial score (nSPS) is 15.4. The quantitative estimate of drug-likeness (QED) is 0.577. The Labute approximate surface area is 100 Å². The van der Waals surface area contributed by atoms with Gasteiger partial charge in [-0.2, -0.15) is 0 Å². The number of rotatable bonds is 10. The Morgan fingerprint density at radius 3 is 2.25 bits per heavy atom. The molecule has 0 amide bonds. The first-order chi connectivity index (χ1) is 7.69. The summed E-state index contributed by atoms with van der Waals surface area (Å²) in [6.45, 7) is 7.08. The molecule has 0 aromatic rings. The highest BCUT2D eigenvalue weighted by Gasteiger charge is 2.25. The minimum absolute atomic E-state index is 0.243. The van der Waals surface area contributed by atoms with Gasteiger partial charge in [-0.15, -0.1) is 0 Å². The van der Waals surface area contributed by atoms with Crippen molar-refractivity contribution in [2.75, 3.05) is 20.8 Å². The van der Waals surface area contributed by atoms with Crippen LogP contribution in [0, 0.1) is 12.2 Å². The first-order valence-electron chi connectivity index (χ1n) is 6.25. The van der Waals surface area contributed by atoms with Gasteiger partial charge in [-0.25, -0.2) is 0 Å². The zero-order valence-corrected chi connectivity index (χ0v) is 11.4. The van der Waals surface area contributed by atoms with E-state index in [1.165, 1.54) is 0 Å². The van der Waals surface area contributed by atoms with Crippen LogP contribution in [-0.4, -0.2) is 26.9 Å². The lowest BCUT2D eigenvalue weighted by Gasteiger charge is -2.26. The summed E-state index contributed by atoms with van der Waals surface area (Å²) in [5, 5.41) is 0. The smallest absolute Gasteiger partial charge is 0.226 e. The lowest BCUT2D eigenvalue weighted by molar-refractivity contribution is -0.0679. The van der Waals surface area contributed by atoms with Crippen LogP contribution in [0.3, 0.4) is 0 Å². The Hall–Kier alpha value is -0.120. The van der Waals surface area contributed by atoms with Gasteiger partial charge in [0.25, 0.3) is 0 Å². The van der Waals surface area contributed by atoms with E-state index in [1.54, 1.807) is 14.2 Å². The molecule has 0 fully saturated rings. The van der Waals surface area contributed by atoms with Gasteiger partial charge in [0, 0.05) is 26.7 Å². The predicted octanol–water partition coefficient (Wildman–Crippen LogP) is 3.39. The summed E-state index contributed by atoms with van der Waals surface area (Å²) < 4.78 is 16.3. The molecule has 0 aliphatic heterocycles. The van der Waals surface area contributed by atoms with Crippen molar-refractivity contribution in [2.24, 2.45) is 5.92 Å². The SMILES string of the molecule is CCCO[C](OC)C(CCC)CC(C)OC. The van der Waals surface area contributed by atoms with Crippen LogP contribution in [0.4, 0.5) is 0 Å². The molecule has 3 heteroatoms. The van der Waals surface area contributed by atoms with Gasteiger partial charge in [0.15, 0.2) is 0 Å². The van der Waals surface area contributed by atoms with Gasteiger partial charge >= 0.3 is 0 Å². The monoisotopic (exact) mass is 231 g/mol. The van der Waals surface area contributed by atoms with Crippen LogP contribution in [0.1, 0.15) is 46.5 Å². The fraction of sp³-hybridized carbons (Fsp3) is 0.923. The van der Waals surface area contributed by atoms with Crippen LogP contribution >= 0.6 is 0 Å². The summed E-state index contributed by atoms with van der Waals surface area (Å²) in [4.78, 5) is 0. The first-order valence-corrected chi connectivity index (χ1v) is 6.25. The van der Waals surface area contributed by atoms with Gasteiger partial charge in [-0.1, -0.05) is 20.3 Å². The molecule has 0 bridgehead atoms. The number of hydrogen-bond donors (Lipinski definition) is 0. The summed E-state index contributed by atoms with van der Waals surface area (Å²) in [7, 11) is 3.43. The lowest BCUT2D eigenvalue weighted by atomic mass is 9.96. The summed E-state index contributed by atoms with van der Waals surface area (Å²) in [6, 6.07) is 0. The largest absolute Gasteiger partial charge is 0.382 e. The second-order valence-electron chi connectivity index (χ2n) is 4.14. The van der Waals surface area contributed by atoms with E-state index in [0.717, 1.165) is 38.6 Å². The average Bonchev–Trinajstić information content (AvgIpc) is 2.30. The maximum atomic E-state index is 5.64. The molecule has 0 N–H and O–H groups in total. The van der Waals surface area contributed by atoms with Gasteiger partial charge < -0.3 is 14.2 Å². The van der Waals surface area contributed by atoms with Crippen molar-refractivity contribution < 1.29 is 14.2 Å². The molecule has 0 rings (SSSR count). The van der Waals surface area contributed by atoms with Crippen molar-refractivity contribution in [2.45, 2.75) is 52.6 Å². The summed E-state index contributed by atoms with van der Waals surface area (Å²) >= 11 is 0. The van der Waals surface area contributed by atoms with E-state index >= 15 is 0 Å². The second kappa shape index (κ2) is 10.1. The molecule has 2 unspecified atom stereocenters. The zero-order chi connectivity index (χ0) is 12.4. The van der Waals surface area contributed by atoms with Gasteiger partial charge in [0.2, 0.25) is 6.29 Å². The van der Waals surface area contributed by atoms with E-state index in [0.29, 0.717) is 5.92 Å². The molecule has 0 saturated carbocycles. The fourth-order valence-corrected chi connectivity index (χ4v) is 1.72. The Balaban J connectivity index is 4.21. The molecule has 97 valence electrons. The van der Waals surface area contributed by atoms with E-state index in [4.69, 9.17) is 14.2 Å². The summed E-state index contributed by atoms with van der Waals surface area (Å²) in [5.74, 6) is 0.344. The Kier molecular flexibility index (Phi) is 9.99. The van der Waals surface area contributed by atoms with Crippen molar-refractivity contribution in [3.05, 3.63) is 6.29 Å². The molecule has 0 saturated heterocycles. The molecule has 16 heavy (non-hydrogen) atoms. The molecule has 0 aromatic carbocycles. The molecule has 0 aliphatic carbocycles. The van der Waals surface area contributed by atoms with Crippen LogP contribution in [-0.2, 0) is 14.2 Å². The molecule has 0 heterocycles.